The normalized spacial score (nSPS) is 10.7. The summed E-state index contributed by atoms with van der Waals surface area (Å²) >= 11 is 11.7. The van der Waals surface area contributed by atoms with Crippen LogP contribution in [0.4, 0.5) is 0 Å². The molecule has 2 nitrogen and oxygen atoms in total. The maximum absolute atomic E-state index is 8.61. The molecule has 0 radical (unpaired) electrons. The lowest BCUT2D eigenvalue weighted by Gasteiger charge is -2.05. The minimum atomic E-state index is 0.285. The Morgan fingerprint density at radius 1 is 1.06 bits per heavy atom. The second-order valence-corrected chi connectivity index (χ2v) is 4.52. The molecule has 0 fully saturated rings. The molecule has 90 valence electrons. The van der Waals surface area contributed by atoms with Crippen LogP contribution >= 0.6 is 23.2 Å². The van der Waals surface area contributed by atoms with E-state index < -0.39 is 0 Å². The fourth-order valence-electron chi connectivity index (χ4n) is 1.42. The molecule has 1 rings (SSSR count). The van der Waals surface area contributed by atoms with Gasteiger partial charge in [-0.2, -0.15) is 0 Å². The zero-order valence-corrected chi connectivity index (χ0v) is 10.7. The third kappa shape index (κ3) is 5.17. The van der Waals surface area contributed by atoms with E-state index in [1.165, 1.54) is 0 Å². The predicted molar refractivity (Wildman–Crippen MR) is 69.1 cm³/mol. The third-order valence-electron chi connectivity index (χ3n) is 2.32. The summed E-state index contributed by atoms with van der Waals surface area (Å²) in [7, 11) is 0. The summed E-state index contributed by atoms with van der Waals surface area (Å²) in [6, 6.07) is 5.66. The van der Waals surface area contributed by atoms with Gasteiger partial charge >= 0.3 is 0 Å². The molecule has 16 heavy (non-hydrogen) atoms. The predicted octanol–water partition coefficient (Wildman–Crippen LogP) is 3.25. The van der Waals surface area contributed by atoms with E-state index in [0.717, 1.165) is 37.9 Å². The molecule has 0 bridgehead atoms. The number of hydrogen-bond donors (Lipinski definition) is 2. The Hall–Kier alpha value is -0.280. The van der Waals surface area contributed by atoms with Crippen LogP contribution in [0.25, 0.3) is 0 Å². The highest BCUT2D eigenvalue weighted by atomic mass is 35.5. The smallest absolute Gasteiger partial charge is 0.0595 e. The SMILES string of the molecule is OCCCCCNCc1ccc(Cl)c(Cl)c1. The molecule has 0 saturated heterocycles. The molecule has 0 aliphatic heterocycles. The van der Waals surface area contributed by atoms with Crippen LogP contribution in [0.1, 0.15) is 24.8 Å². The highest BCUT2D eigenvalue weighted by Crippen LogP contribution is 2.22. The van der Waals surface area contributed by atoms with Gasteiger partial charge in [0, 0.05) is 13.2 Å². The summed E-state index contributed by atoms with van der Waals surface area (Å²) in [5, 5.41) is 13.1. The highest BCUT2D eigenvalue weighted by molar-refractivity contribution is 6.42. The molecule has 0 unspecified atom stereocenters. The van der Waals surface area contributed by atoms with Crippen LogP contribution in [0.5, 0.6) is 0 Å². The van der Waals surface area contributed by atoms with Crippen LogP contribution in [-0.2, 0) is 6.54 Å². The Kier molecular flexibility index (Phi) is 6.81. The molecule has 0 spiro atoms. The van der Waals surface area contributed by atoms with Crippen LogP contribution in [0.3, 0.4) is 0 Å². The van der Waals surface area contributed by atoms with Crippen molar-refractivity contribution in [1.82, 2.24) is 5.32 Å². The number of unbranched alkanes of at least 4 members (excludes halogenated alkanes) is 2. The maximum Gasteiger partial charge on any atom is 0.0595 e. The van der Waals surface area contributed by atoms with E-state index in [4.69, 9.17) is 28.3 Å². The number of rotatable bonds is 7. The van der Waals surface area contributed by atoms with Gasteiger partial charge in [0.15, 0.2) is 0 Å². The van der Waals surface area contributed by atoms with Gasteiger partial charge in [0.05, 0.1) is 10.0 Å². The second kappa shape index (κ2) is 7.91. The molecule has 1 aromatic carbocycles. The van der Waals surface area contributed by atoms with Crippen LogP contribution in [-0.4, -0.2) is 18.3 Å². The number of benzene rings is 1. The summed E-state index contributed by atoms with van der Waals surface area (Å²) in [4.78, 5) is 0. The van der Waals surface area contributed by atoms with E-state index in [0.29, 0.717) is 10.0 Å². The fourth-order valence-corrected chi connectivity index (χ4v) is 1.74. The van der Waals surface area contributed by atoms with Gasteiger partial charge < -0.3 is 10.4 Å². The van der Waals surface area contributed by atoms with Crippen LogP contribution in [0.2, 0.25) is 10.0 Å². The highest BCUT2D eigenvalue weighted by Gasteiger charge is 1.98. The van der Waals surface area contributed by atoms with Crippen LogP contribution in [0, 0.1) is 0 Å². The Morgan fingerprint density at radius 3 is 2.56 bits per heavy atom. The summed E-state index contributed by atoms with van der Waals surface area (Å²) in [6.07, 6.45) is 3.03. The molecule has 0 heterocycles. The third-order valence-corrected chi connectivity index (χ3v) is 3.06. The lowest BCUT2D eigenvalue weighted by Crippen LogP contribution is -2.14. The zero-order chi connectivity index (χ0) is 11.8. The quantitative estimate of drug-likeness (QED) is 0.739. The molecular formula is C12H17Cl2NO. The van der Waals surface area contributed by atoms with Gasteiger partial charge in [0.1, 0.15) is 0 Å². The molecule has 0 aliphatic rings. The average Bonchev–Trinajstić information content (AvgIpc) is 2.28. The van der Waals surface area contributed by atoms with Gasteiger partial charge in [0.25, 0.3) is 0 Å². The standard InChI is InChI=1S/C12H17Cl2NO/c13-11-5-4-10(8-12(11)14)9-15-6-2-1-3-7-16/h4-5,8,15-16H,1-3,6-7,9H2. The van der Waals surface area contributed by atoms with Crippen molar-refractivity contribution >= 4 is 23.2 Å². The van der Waals surface area contributed by atoms with Crippen molar-refractivity contribution in [3.05, 3.63) is 33.8 Å². The number of hydrogen-bond acceptors (Lipinski definition) is 2. The number of aliphatic hydroxyl groups excluding tert-OH is 1. The Morgan fingerprint density at radius 2 is 1.88 bits per heavy atom. The largest absolute Gasteiger partial charge is 0.396 e. The van der Waals surface area contributed by atoms with Crippen molar-refractivity contribution in [2.75, 3.05) is 13.2 Å². The van der Waals surface area contributed by atoms with Gasteiger partial charge in [-0.15, -0.1) is 0 Å². The van der Waals surface area contributed by atoms with Gasteiger partial charge in [-0.25, -0.2) is 0 Å². The lowest BCUT2D eigenvalue weighted by molar-refractivity contribution is 0.283. The molecule has 1 aromatic rings. The van der Waals surface area contributed by atoms with Crippen molar-refractivity contribution in [3.63, 3.8) is 0 Å². The van der Waals surface area contributed by atoms with E-state index >= 15 is 0 Å². The fraction of sp³-hybridized carbons (Fsp3) is 0.500. The average molecular weight is 262 g/mol. The van der Waals surface area contributed by atoms with Gasteiger partial charge in [0.2, 0.25) is 0 Å². The zero-order valence-electron chi connectivity index (χ0n) is 9.18. The molecule has 2 N–H and O–H groups in total. The summed E-state index contributed by atoms with van der Waals surface area (Å²) in [6.45, 7) is 2.04. The van der Waals surface area contributed by atoms with Crippen molar-refractivity contribution in [2.45, 2.75) is 25.8 Å². The second-order valence-electron chi connectivity index (χ2n) is 3.71. The van der Waals surface area contributed by atoms with E-state index in [9.17, 15) is 0 Å². The summed E-state index contributed by atoms with van der Waals surface area (Å²) < 4.78 is 0. The van der Waals surface area contributed by atoms with E-state index in [-0.39, 0.29) is 6.61 Å². The molecule has 0 aliphatic carbocycles. The molecule has 0 saturated carbocycles. The Labute approximate surface area is 107 Å². The van der Waals surface area contributed by atoms with E-state index in [2.05, 4.69) is 5.32 Å². The summed E-state index contributed by atoms with van der Waals surface area (Å²) in [5.41, 5.74) is 1.14. The van der Waals surface area contributed by atoms with Crippen molar-refractivity contribution in [2.24, 2.45) is 0 Å². The van der Waals surface area contributed by atoms with Gasteiger partial charge in [-0.3, -0.25) is 0 Å². The first-order valence-corrected chi connectivity index (χ1v) is 6.25. The Balaban J connectivity index is 2.19. The molecule has 0 aromatic heterocycles. The van der Waals surface area contributed by atoms with Crippen molar-refractivity contribution < 1.29 is 5.11 Å². The van der Waals surface area contributed by atoms with Crippen LogP contribution in [0.15, 0.2) is 18.2 Å². The maximum atomic E-state index is 8.61. The number of halogens is 2. The first-order chi connectivity index (χ1) is 7.74. The van der Waals surface area contributed by atoms with Crippen molar-refractivity contribution in [1.29, 1.82) is 0 Å². The topological polar surface area (TPSA) is 32.3 Å². The van der Waals surface area contributed by atoms with Crippen molar-refractivity contribution in [3.8, 4) is 0 Å². The molecule has 0 amide bonds. The first kappa shape index (κ1) is 13.8. The number of nitrogens with one attached hydrogen (secondary N) is 1. The van der Waals surface area contributed by atoms with Gasteiger partial charge in [-0.05, 0) is 43.5 Å². The first-order valence-electron chi connectivity index (χ1n) is 5.49. The molecule has 0 atom stereocenters. The Bertz CT molecular complexity index is 318. The lowest BCUT2D eigenvalue weighted by atomic mass is 10.2. The van der Waals surface area contributed by atoms with Gasteiger partial charge in [-0.1, -0.05) is 29.3 Å². The monoisotopic (exact) mass is 261 g/mol. The molecule has 4 heteroatoms. The molecular weight excluding hydrogens is 245 g/mol. The summed E-state index contributed by atoms with van der Waals surface area (Å²) in [5.74, 6) is 0. The van der Waals surface area contributed by atoms with E-state index in [1.807, 2.05) is 18.2 Å². The minimum absolute atomic E-state index is 0.285. The minimum Gasteiger partial charge on any atom is -0.396 e. The van der Waals surface area contributed by atoms with E-state index in [1.54, 1.807) is 0 Å². The van der Waals surface area contributed by atoms with Crippen LogP contribution < -0.4 is 5.32 Å². The number of aliphatic hydroxyl groups is 1.